The SMILES string of the molecule is CC/C=C\C/C=C\C/C=C\C/C=C\CCCCCCCCCCCCC(=O)OCC(COC(=O)CCCCCCCCC/C=C\CCCCCCCC)OC(=O)CCCCCCCCCCCCCCCCCCCCCCCC. The third kappa shape index (κ3) is 65.9. The smallest absolute Gasteiger partial charge is 0.306 e. The molecule has 80 heavy (non-hydrogen) atoms. The Bertz CT molecular complexity index is 1430. The maximum absolute atomic E-state index is 13.0. The molecule has 1 unspecified atom stereocenters. The van der Waals surface area contributed by atoms with Crippen molar-refractivity contribution in [1.29, 1.82) is 0 Å². The van der Waals surface area contributed by atoms with Gasteiger partial charge in [0.25, 0.3) is 0 Å². The molecule has 0 saturated carbocycles. The Hall–Kier alpha value is -2.89. The van der Waals surface area contributed by atoms with Crippen LogP contribution in [-0.4, -0.2) is 37.2 Å². The van der Waals surface area contributed by atoms with Gasteiger partial charge >= 0.3 is 17.9 Å². The van der Waals surface area contributed by atoms with Crippen molar-refractivity contribution in [3.8, 4) is 0 Å². The van der Waals surface area contributed by atoms with Crippen molar-refractivity contribution in [2.75, 3.05) is 13.2 Å². The molecule has 0 spiro atoms. The highest BCUT2D eigenvalue weighted by Gasteiger charge is 2.19. The Morgan fingerprint density at radius 3 is 0.775 bits per heavy atom. The number of hydrogen-bond donors (Lipinski definition) is 0. The number of rotatable bonds is 65. The van der Waals surface area contributed by atoms with Crippen molar-refractivity contribution in [1.82, 2.24) is 0 Å². The molecule has 0 saturated heterocycles. The molecule has 466 valence electrons. The highest BCUT2D eigenvalue weighted by atomic mass is 16.6. The van der Waals surface area contributed by atoms with Crippen LogP contribution in [-0.2, 0) is 28.6 Å². The van der Waals surface area contributed by atoms with E-state index in [0.717, 1.165) is 83.5 Å². The van der Waals surface area contributed by atoms with Gasteiger partial charge in [-0.25, -0.2) is 0 Å². The standard InChI is InChI=1S/C74H134O6/c1-4-7-10-13-16-19-22-25-28-31-33-35-37-39-40-43-46-49-52-55-58-61-64-67-73(76)79-70-71(69-78-72(75)66-63-60-57-54-51-48-45-42-30-27-24-21-18-15-12-9-6-3)80-74(77)68-65-62-59-56-53-50-47-44-41-38-36-34-32-29-26-23-20-17-14-11-8-5-2/h7,10,16,19,25,27-28,30,33,35,71H,4-6,8-9,11-15,17-18,20-24,26,29,31-32,34,36-70H2,1-3H3/b10-7-,19-16-,28-25-,30-27-,35-33-. The molecular weight excluding hydrogens is 985 g/mol. The molecule has 6 heteroatoms. The molecule has 0 rings (SSSR count). The maximum Gasteiger partial charge on any atom is 0.306 e. The molecule has 0 heterocycles. The predicted octanol–water partition coefficient (Wildman–Crippen LogP) is 24.3. The lowest BCUT2D eigenvalue weighted by molar-refractivity contribution is -0.167. The number of hydrogen-bond acceptors (Lipinski definition) is 6. The molecule has 6 nitrogen and oxygen atoms in total. The first-order valence-electron chi connectivity index (χ1n) is 35.3. The van der Waals surface area contributed by atoms with Gasteiger partial charge in [0.05, 0.1) is 0 Å². The minimum absolute atomic E-state index is 0.0735. The molecule has 0 radical (unpaired) electrons. The summed E-state index contributed by atoms with van der Waals surface area (Å²) in [4.78, 5) is 38.5. The highest BCUT2D eigenvalue weighted by molar-refractivity contribution is 5.71. The third-order valence-corrected chi connectivity index (χ3v) is 15.8. The van der Waals surface area contributed by atoms with E-state index in [1.165, 1.54) is 250 Å². The van der Waals surface area contributed by atoms with Crippen LogP contribution in [0.4, 0.5) is 0 Å². The Labute approximate surface area is 498 Å². The molecule has 0 aliphatic rings. The summed E-state index contributed by atoms with van der Waals surface area (Å²) < 4.78 is 17.0. The van der Waals surface area contributed by atoms with Gasteiger partial charge in [-0.3, -0.25) is 14.4 Å². The minimum atomic E-state index is -0.778. The molecule has 1 atom stereocenters. The van der Waals surface area contributed by atoms with E-state index in [9.17, 15) is 14.4 Å². The summed E-state index contributed by atoms with van der Waals surface area (Å²) in [5.74, 6) is -0.856. The molecule has 0 aromatic carbocycles. The Morgan fingerprint density at radius 1 is 0.263 bits per heavy atom. The predicted molar refractivity (Wildman–Crippen MR) is 348 cm³/mol. The first-order valence-corrected chi connectivity index (χ1v) is 35.3. The van der Waals surface area contributed by atoms with Crippen LogP contribution >= 0.6 is 0 Å². The second-order valence-electron chi connectivity index (χ2n) is 23.8. The second-order valence-corrected chi connectivity index (χ2v) is 23.8. The van der Waals surface area contributed by atoms with Crippen LogP contribution < -0.4 is 0 Å². The third-order valence-electron chi connectivity index (χ3n) is 15.8. The zero-order valence-corrected chi connectivity index (χ0v) is 53.6. The average molecular weight is 1120 g/mol. The van der Waals surface area contributed by atoms with Crippen molar-refractivity contribution < 1.29 is 28.6 Å². The fraction of sp³-hybridized carbons (Fsp3) is 0.824. The van der Waals surface area contributed by atoms with Gasteiger partial charge in [-0.15, -0.1) is 0 Å². The van der Waals surface area contributed by atoms with E-state index in [-0.39, 0.29) is 31.1 Å². The van der Waals surface area contributed by atoms with Crippen molar-refractivity contribution in [3.05, 3.63) is 60.8 Å². The van der Waals surface area contributed by atoms with E-state index in [2.05, 4.69) is 81.5 Å². The molecule has 0 aliphatic heterocycles. The lowest BCUT2D eigenvalue weighted by Gasteiger charge is -2.18. The summed E-state index contributed by atoms with van der Waals surface area (Å²) in [6.07, 6.45) is 88.1. The molecule has 0 fully saturated rings. The van der Waals surface area contributed by atoms with Gasteiger partial charge in [0.15, 0.2) is 6.10 Å². The summed E-state index contributed by atoms with van der Waals surface area (Å²) in [5.41, 5.74) is 0. The van der Waals surface area contributed by atoms with E-state index < -0.39 is 6.10 Å². The van der Waals surface area contributed by atoms with E-state index in [0.29, 0.717) is 19.3 Å². The monoisotopic (exact) mass is 1120 g/mol. The molecule has 0 bridgehead atoms. The summed E-state index contributed by atoms with van der Waals surface area (Å²) in [6.45, 7) is 6.59. The normalized spacial score (nSPS) is 12.4. The van der Waals surface area contributed by atoms with Crippen molar-refractivity contribution in [3.63, 3.8) is 0 Å². The van der Waals surface area contributed by atoms with Crippen molar-refractivity contribution in [2.45, 2.75) is 380 Å². The fourth-order valence-corrected chi connectivity index (χ4v) is 10.5. The van der Waals surface area contributed by atoms with Crippen LogP contribution in [0.15, 0.2) is 60.8 Å². The minimum Gasteiger partial charge on any atom is -0.462 e. The molecular formula is C74H134O6. The van der Waals surface area contributed by atoms with Gasteiger partial charge in [-0.05, 0) is 83.5 Å². The molecule has 0 N–H and O–H groups in total. The largest absolute Gasteiger partial charge is 0.462 e. The summed E-state index contributed by atoms with van der Waals surface area (Å²) >= 11 is 0. The lowest BCUT2D eigenvalue weighted by atomic mass is 10.0. The quantitative estimate of drug-likeness (QED) is 0.0261. The van der Waals surface area contributed by atoms with Crippen molar-refractivity contribution >= 4 is 17.9 Å². The maximum atomic E-state index is 13.0. The number of esters is 3. The van der Waals surface area contributed by atoms with Crippen LogP contribution in [0.2, 0.25) is 0 Å². The number of ether oxygens (including phenoxy) is 3. The summed E-state index contributed by atoms with van der Waals surface area (Å²) in [7, 11) is 0. The van der Waals surface area contributed by atoms with Gasteiger partial charge in [0.1, 0.15) is 13.2 Å². The first-order chi connectivity index (χ1) is 39.5. The Morgan fingerprint density at radius 2 is 0.487 bits per heavy atom. The van der Waals surface area contributed by atoms with Gasteiger partial charge in [-0.1, -0.05) is 332 Å². The summed E-state index contributed by atoms with van der Waals surface area (Å²) in [6, 6.07) is 0. The first kappa shape index (κ1) is 77.1. The van der Waals surface area contributed by atoms with Crippen LogP contribution in [0.5, 0.6) is 0 Å². The summed E-state index contributed by atoms with van der Waals surface area (Å²) in [5, 5.41) is 0. The lowest BCUT2D eigenvalue weighted by Crippen LogP contribution is -2.30. The van der Waals surface area contributed by atoms with Crippen molar-refractivity contribution in [2.24, 2.45) is 0 Å². The number of carbonyl (C=O) groups is 3. The van der Waals surface area contributed by atoms with Crippen LogP contribution in [0.25, 0.3) is 0 Å². The topological polar surface area (TPSA) is 78.9 Å². The van der Waals surface area contributed by atoms with E-state index in [4.69, 9.17) is 14.2 Å². The zero-order valence-electron chi connectivity index (χ0n) is 53.6. The number of allylic oxidation sites excluding steroid dienone is 10. The van der Waals surface area contributed by atoms with Crippen LogP contribution in [0.3, 0.4) is 0 Å². The fourth-order valence-electron chi connectivity index (χ4n) is 10.5. The zero-order chi connectivity index (χ0) is 57.8. The van der Waals surface area contributed by atoms with Gasteiger partial charge in [-0.2, -0.15) is 0 Å². The number of carbonyl (C=O) groups excluding carboxylic acids is 3. The van der Waals surface area contributed by atoms with Crippen LogP contribution in [0, 0.1) is 0 Å². The molecule has 0 amide bonds. The number of unbranched alkanes of at least 4 members (excludes halogenated alkanes) is 44. The Balaban J connectivity index is 4.33. The van der Waals surface area contributed by atoms with E-state index in [1.54, 1.807) is 0 Å². The van der Waals surface area contributed by atoms with Gasteiger partial charge < -0.3 is 14.2 Å². The van der Waals surface area contributed by atoms with Gasteiger partial charge in [0.2, 0.25) is 0 Å². The molecule has 0 aromatic heterocycles. The Kier molecular flexibility index (Phi) is 66.1. The van der Waals surface area contributed by atoms with Gasteiger partial charge in [0, 0.05) is 19.3 Å². The van der Waals surface area contributed by atoms with E-state index in [1.807, 2.05) is 0 Å². The molecule has 0 aromatic rings. The van der Waals surface area contributed by atoms with Crippen LogP contribution in [0.1, 0.15) is 374 Å². The van der Waals surface area contributed by atoms with E-state index >= 15 is 0 Å². The highest BCUT2D eigenvalue weighted by Crippen LogP contribution is 2.18. The average Bonchev–Trinajstić information content (AvgIpc) is 3.46. The molecule has 0 aliphatic carbocycles. The second kappa shape index (κ2) is 68.6.